The third-order valence-corrected chi connectivity index (χ3v) is 4.14. The third-order valence-electron chi connectivity index (χ3n) is 4.14. The van der Waals surface area contributed by atoms with Gasteiger partial charge >= 0.3 is 0 Å². The number of nitrogens with zero attached hydrogens (tertiary/aromatic N) is 1. The first kappa shape index (κ1) is 19.7. The van der Waals surface area contributed by atoms with Crippen molar-refractivity contribution < 1.29 is 23.0 Å². The molecule has 0 radical (unpaired) electrons. The number of benzene rings is 2. The van der Waals surface area contributed by atoms with E-state index >= 15 is 0 Å². The fraction of sp³-hybridized carbons (Fsp3) is 0.316. The third kappa shape index (κ3) is 4.70. The average molecular weight is 364 g/mol. The monoisotopic (exact) mass is 364 g/mol. The summed E-state index contributed by atoms with van der Waals surface area (Å²) in [6.45, 7) is 2.14. The maximum atomic E-state index is 13.7. The van der Waals surface area contributed by atoms with Crippen LogP contribution < -0.4 is 14.8 Å². The zero-order chi connectivity index (χ0) is 19.3. The van der Waals surface area contributed by atoms with Crippen LogP contribution in [0.15, 0.2) is 36.4 Å². The quantitative estimate of drug-likeness (QED) is 0.818. The Labute approximate surface area is 151 Å². The molecule has 0 aliphatic carbocycles. The fourth-order valence-electron chi connectivity index (χ4n) is 2.42. The van der Waals surface area contributed by atoms with E-state index in [-0.39, 0.29) is 5.69 Å². The molecular formula is C19H22F2N2O3. The molecule has 1 amide bonds. The van der Waals surface area contributed by atoms with E-state index in [9.17, 15) is 13.6 Å². The average Bonchev–Trinajstić information content (AvgIpc) is 2.63. The van der Waals surface area contributed by atoms with Crippen molar-refractivity contribution in [3.05, 3.63) is 53.6 Å². The van der Waals surface area contributed by atoms with E-state index in [1.165, 1.54) is 6.07 Å². The Morgan fingerprint density at radius 2 is 1.88 bits per heavy atom. The molecule has 2 rings (SSSR count). The SMILES string of the molecule is COc1ccc(CN(C)C(C)C(=O)Nc2ccc(F)cc2F)c(OC)c1. The highest BCUT2D eigenvalue weighted by atomic mass is 19.1. The summed E-state index contributed by atoms with van der Waals surface area (Å²) in [5, 5.41) is 2.48. The Morgan fingerprint density at radius 3 is 2.50 bits per heavy atom. The summed E-state index contributed by atoms with van der Waals surface area (Å²) in [6.07, 6.45) is 0. The number of likely N-dealkylation sites (N-methyl/N-ethyl adjacent to an activating group) is 1. The lowest BCUT2D eigenvalue weighted by atomic mass is 10.1. The second-order valence-electron chi connectivity index (χ2n) is 5.88. The van der Waals surface area contributed by atoms with Crippen molar-refractivity contribution >= 4 is 11.6 Å². The van der Waals surface area contributed by atoms with Gasteiger partial charge in [-0.2, -0.15) is 0 Å². The van der Waals surface area contributed by atoms with Crippen molar-refractivity contribution in [2.45, 2.75) is 19.5 Å². The van der Waals surface area contributed by atoms with E-state index in [1.54, 1.807) is 39.2 Å². The predicted molar refractivity (Wildman–Crippen MR) is 95.5 cm³/mol. The van der Waals surface area contributed by atoms with Crippen LogP contribution in [-0.2, 0) is 11.3 Å². The topological polar surface area (TPSA) is 50.8 Å². The van der Waals surface area contributed by atoms with Gasteiger partial charge in [0.15, 0.2) is 0 Å². The standard InChI is InChI=1S/C19H22F2N2O3/c1-12(19(24)22-17-8-6-14(20)9-16(17)21)23(2)11-13-5-7-15(25-3)10-18(13)26-4/h5-10,12H,11H2,1-4H3,(H,22,24). The van der Waals surface area contributed by atoms with Gasteiger partial charge < -0.3 is 14.8 Å². The lowest BCUT2D eigenvalue weighted by molar-refractivity contribution is -0.120. The van der Waals surface area contributed by atoms with Crippen LogP contribution in [0.3, 0.4) is 0 Å². The van der Waals surface area contributed by atoms with Gasteiger partial charge in [0.25, 0.3) is 0 Å². The molecule has 0 saturated heterocycles. The number of ether oxygens (including phenoxy) is 2. The molecular weight excluding hydrogens is 342 g/mol. The first-order chi connectivity index (χ1) is 12.3. The molecule has 0 aromatic heterocycles. The fourth-order valence-corrected chi connectivity index (χ4v) is 2.42. The van der Waals surface area contributed by atoms with E-state index in [2.05, 4.69) is 5.32 Å². The summed E-state index contributed by atoms with van der Waals surface area (Å²) in [5.74, 6) is -0.591. The number of hydrogen-bond acceptors (Lipinski definition) is 4. The van der Waals surface area contributed by atoms with Gasteiger partial charge in [-0.05, 0) is 32.2 Å². The molecule has 0 aliphatic rings. The highest BCUT2D eigenvalue weighted by Crippen LogP contribution is 2.26. The predicted octanol–water partition coefficient (Wildman–Crippen LogP) is 3.44. The summed E-state index contributed by atoms with van der Waals surface area (Å²) in [6, 6.07) is 7.90. The molecule has 1 N–H and O–H groups in total. The minimum Gasteiger partial charge on any atom is -0.497 e. The van der Waals surface area contributed by atoms with Crippen LogP contribution in [0.25, 0.3) is 0 Å². The number of halogens is 2. The molecule has 0 saturated carbocycles. The molecule has 26 heavy (non-hydrogen) atoms. The molecule has 140 valence electrons. The number of carbonyl (C=O) groups excluding carboxylic acids is 1. The molecule has 1 unspecified atom stereocenters. The lowest BCUT2D eigenvalue weighted by Gasteiger charge is -2.25. The Hall–Kier alpha value is -2.67. The van der Waals surface area contributed by atoms with Gasteiger partial charge in [0.1, 0.15) is 23.1 Å². The van der Waals surface area contributed by atoms with Crippen LogP contribution in [0.1, 0.15) is 12.5 Å². The lowest BCUT2D eigenvalue weighted by Crippen LogP contribution is -2.39. The minimum absolute atomic E-state index is 0.0568. The van der Waals surface area contributed by atoms with Crippen LogP contribution >= 0.6 is 0 Å². The highest BCUT2D eigenvalue weighted by molar-refractivity contribution is 5.94. The van der Waals surface area contributed by atoms with Crippen molar-refractivity contribution in [1.82, 2.24) is 4.90 Å². The van der Waals surface area contributed by atoms with E-state index in [0.29, 0.717) is 18.0 Å². The summed E-state index contributed by atoms with van der Waals surface area (Å²) >= 11 is 0. The Bertz CT molecular complexity index is 783. The number of anilines is 1. The highest BCUT2D eigenvalue weighted by Gasteiger charge is 2.20. The van der Waals surface area contributed by atoms with Crippen molar-refractivity contribution in [2.24, 2.45) is 0 Å². The first-order valence-electron chi connectivity index (χ1n) is 8.02. The Morgan fingerprint density at radius 1 is 1.15 bits per heavy atom. The molecule has 2 aromatic carbocycles. The van der Waals surface area contributed by atoms with Gasteiger partial charge in [0.2, 0.25) is 5.91 Å². The normalized spacial score (nSPS) is 12.0. The second-order valence-corrected chi connectivity index (χ2v) is 5.88. The van der Waals surface area contributed by atoms with Crippen molar-refractivity contribution in [3.63, 3.8) is 0 Å². The van der Waals surface area contributed by atoms with E-state index in [0.717, 1.165) is 17.7 Å². The number of carbonyl (C=O) groups is 1. The van der Waals surface area contributed by atoms with Crippen molar-refractivity contribution in [1.29, 1.82) is 0 Å². The van der Waals surface area contributed by atoms with Crippen LogP contribution in [0, 0.1) is 11.6 Å². The van der Waals surface area contributed by atoms with Crippen LogP contribution in [0.4, 0.5) is 14.5 Å². The van der Waals surface area contributed by atoms with E-state index < -0.39 is 23.6 Å². The van der Waals surface area contributed by atoms with Gasteiger partial charge in [0, 0.05) is 24.2 Å². The van der Waals surface area contributed by atoms with Gasteiger partial charge in [-0.1, -0.05) is 6.07 Å². The number of rotatable bonds is 7. The maximum Gasteiger partial charge on any atom is 0.241 e. The van der Waals surface area contributed by atoms with Crippen molar-refractivity contribution in [2.75, 3.05) is 26.6 Å². The molecule has 2 aromatic rings. The molecule has 0 aliphatic heterocycles. The number of nitrogens with one attached hydrogen (secondary N) is 1. The summed E-state index contributed by atoms with van der Waals surface area (Å²) in [5.41, 5.74) is 0.821. The number of methoxy groups -OCH3 is 2. The zero-order valence-corrected chi connectivity index (χ0v) is 15.2. The minimum atomic E-state index is -0.815. The second kappa shape index (κ2) is 8.62. The molecule has 7 heteroatoms. The maximum absolute atomic E-state index is 13.7. The molecule has 0 spiro atoms. The van der Waals surface area contributed by atoms with Crippen LogP contribution in [0.5, 0.6) is 11.5 Å². The Balaban J connectivity index is 2.06. The molecule has 5 nitrogen and oxygen atoms in total. The smallest absolute Gasteiger partial charge is 0.241 e. The number of amides is 1. The molecule has 0 fully saturated rings. The van der Waals surface area contributed by atoms with Gasteiger partial charge in [-0.25, -0.2) is 8.78 Å². The van der Waals surface area contributed by atoms with Gasteiger partial charge in [-0.15, -0.1) is 0 Å². The molecule has 0 heterocycles. The first-order valence-corrected chi connectivity index (χ1v) is 8.02. The number of hydrogen-bond donors (Lipinski definition) is 1. The Kier molecular flexibility index (Phi) is 6.52. The van der Waals surface area contributed by atoms with Gasteiger partial charge in [-0.3, -0.25) is 9.69 Å². The van der Waals surface area contributed by atoms with Crippen molar-refractivity contribution in [3.8, 4) is 11.5 Å². The van der Waals surface area contributed by atoms with E-state index in [1.807, 2.05) is 12.1 Å². The van der Waals surface area contributed by atoms with E-state index in [4.69, 9.17) is 9.47 Å². The largest absolute Gasteiger partial charge is 0.497 e. The van der Waals surface area contributed by atoms with Gasteiger partial charge in [0.05, 0.1) is 25.9 Å². The molecule has 1 atom stereocenters. The molecule has 0 bridgehead atoms. The zero-order valence-electron chi connectivity index (χ0n) is 15.2. The van der Waals surface area contributed by atoms with Crippen LogP contribution in [0.2, 0.25) is 0 Å². The summed E-state index contributed by atoms with van der Waals surface area (Å²) in [7, 11) is 4.90. The summed E-state index contributed by atoms with van der Waals surface area (Å²) in [4.78, 5) is 14.2. The summed E-state index contributed by atoms with van der Waals surface area (Å²) < 4.78 is 37.2. The van der Waals surface area contributed by atoms with Crippen LogP contribution in [-0.4, -0.2) is 38.1 Å².